The first-order valence-electron chi connectivity index (χ1n) is 5.51. The summed E-state index contributed by atoms with van der Waals surface area (Å²) >= 11 is 0. The Bertz CT molecular complexity index is 193. The number of ketones is 1. The van der Waals surface area contributed by atoms with Gasteiger partial charge in [0.2, 0.25) is 0 Å². The Morgan fingerprint density at radius 3 is 2.62 bits per heavy atom. The lowest BCUT2D eigenvalue weighted by molar-refractivity contribution is -0.127. The Morgan fingerprint density at radius 1 is 1.46 bits per heavy atom. The monoisotopic (exact) mass is 182 g/mol. The first-order valence-corrected chi connectivity index (χ1v) is 5.51. The van der Waals surface area contributed by atoms with Crippen LogP contribution in [0.3, 0.4) is 0 Å². The summed E-state index contributed by atoms with van der Waals surface area (Å²) in [6, 6.07) is 0. The maximum Gasteiger partial charge on any atom is 0.135 e. The Kier molecular flexibility index (Phi) is 3.15. The smallest absolute Gasteiger partial charge is 0.135 e. The van der Waals surface area contributed by atoms with Gasteiger partial charge in [0.1, 0.15) is 5.78 Å². The summed E-state index contributed by atoms with van der Waals surface area (Å²) < 4.78 is 0. The van der Waals surface area contributed by atoms with Crippen molar-refractivity contribution in [3.8, 4) is 0 Å². The fourth-order valence-corrected chi connectivity index (χ4v) is 2.50. The van der Waals surface area contributed by atoms with Gasteiger partial charge in [-0.3, -0.25) is 4.79 Å². The molecule has 0 aromatic rings. The van der Waals surface area contributed by atoms with E-state index in [4.69, 9.17) is 0 Å². The number of carbonyl (C=O) groups is 1. The molecule has 0 aliphatic heterocycles. The zero-order valence-corrected chi connectivity index (χ0v) is 9.39. The lowest BCUT2D eigenvalue weighted by atomic mass is 9.63. The molecule has 0 radical (unpaired) electrons. The molecule has 0 N–H and O–H groups in total. The second kappa shape index (κ2) is 3.81. The summed E-state index contributed by atoms with van der Waals surface area (Å²) in [7, 11) is 0. The van der Waals surface area contributed by atoms with E-state index in [0.717, 1.165) is 6.42 Å². The van der Waals surface area contributed by atoms with E-state index in [0.29, 0.717) is 29.5 Å². The highest BCUT2D eigenvalue weighted by Gasteiger charge is 2.38. The van der Waals surface area contributed by atoms with Crippen molar-refractivity contribution in [2.24, 2.45) is 17.3 Å². The lowest BCUT2D eigenvalue weighted by Gasteiger charge is -2.41. The minimum atomic E-state index is 0.341. The molecule has 1 nitrogen and oxygen atoms in total. The summed E-state index contributed by atoms with van der Waals surface area (Å²) in [5.74, 6) is 1.38. The first-order chi connectivity index (χ1) is 5.99. The quantitative estimate of drug-likeness (QED) is 0.639. The van der Waals surface area contributed by atoms with Crippen molar-refractivity contribution in [1.29, 1.82) is 0 Å². The maximum atomic E-state index is 11.7. The van der Waals surface area contributed by atoms with E-state index < -0.39 is 0 Å². The van der Waals surface area contributed by atoms with Crippen LogP contribution in [0.1, 0.15) is 53.4 Å². The van der Waals surface area contributed by atoms with Crippen LogP contribution in [0.2, 0.25) is 0 Å². The molecule has 1 aliphatic rings. The van der Waals surface area contributed by atoms with E-state index in [9.17, 15) is 4.79 Å². The normalized spacial score (nSPS) is 32.9. The standard InChI is InChI=1S/C12H22O/c1-5-11(13)10-7-6-8-12(3,4)9(10)2/h9-10H,5-8H2,1-4H3/t9-,10?/m0/s1. The third kappa shape index (κ3) is 2.12. The molecule has 1 rings (SSSR count). The zero-order chi connectivity index (χ0) is 10.1. The van der Waals surface area contributed by atoms with E-state index in [-0.39, 0.29) is 0 Å². The van der Waals surface area contributed by atoms with E-state index in [1.165, 1.54) is 12.8 Å². The van der Waals surface area contributed by atoms with E-state index in [1.54, 1.807) is 0 Å². The molecule has 1 saturated carbocycles. The Hall–Kier alpha value is -0.330. The van der Waals surface area contributed by atoms with Gasteiger partial charge in [-0.2, -0.15) is 0 Å². The number of hydrogen-bond acceptors (Lipinski definition) is 1. The molecule has 0 spiro atoms. The number of hydrogen-bond donors (Lipinski definition) is 0. The van der Waals surface area contributed by atoms with Gasteiger partial charge < -0.3 is 0 Å². The molecule has 0 saturated heterocycles. The van der Waals surface area contributed by atoms with Crippen LogP contribution in [0, 0.1) is 17.3 Å². The van der Waals surface area contributed by atoms with Crippen LogP contribution in [-0.4, -0.2) is 5.78 Å². The van der Waals surface area contributed by atoms with Gasteiger partial charge in [0, 0.05) is 12.3 Å². The van der Waals surface area contributed by atoms with Crippen LogP contribution in [0.15, 0.2) is 0 Å². The van der Waals surface area contributed by atoms with Crippen molar-refractivity contribution in [2.45, 2.75) is 53.4 Å². The second-order valence-electron chi connectivity index (χ2n) is 5.10. The molecule has 0 bridgehead atoms. The van der Waals surface area contributed by atoms with Gasteiger partial charge >= 0.3 is 0 Å². The summed E-state index contributed by atoms with van der Waals surface area (Å²) in [6.07, 6.45) is 4.35. The van der Waals surface area contributed by atoms with Crippen LogP contribution in [0.5, 0.6) is 0 Å². The van der Waals surface area contributed by atoms with E-state index >= 15 is 0 Å². The summed E-state index contributed by atoms with van der Waals surface area (Å²) in [5, 5.41) is 0. The SMILES string of the molecule is CCC(=O)C1CCCC(C)(C)[C@H]1C. The highest BCUT2D eigenvalue weighted by atomic mass is 16.1. The fraction of sp³-hybridized carbons (Fsp3) is 0.917. The fourth-order valence-electron chi connectivity index (χ4n) is 2.50. The zero-order valence-electron chi connectivity index (χ0n) is 9.39. The van der Waals surface area contributed by atoms with Gasteiger partial charge in [-0.15, -0.1) is 0 Å². The number of carbonyl (C=O) groups excluding carboxylic acids is 1. The predicted molar refractivity (Wildman–Crippen MR) is 55.6 cm³/mol. The van der Waals surface area contributed by atoms with Crippen LogP contribution < -0.4 is 0 Å². The Morgan fingerprint density at radius 2 is 2.08 bits per heavy atom. The number of Topliss-reactive ketones (excluding diaryl/α,β-unsaturated/α-hetero) is 1. The highest BCUT2D eigenvalue weighted by Crippen LogP contribution is 2.44. The molecule has 0 aromatic heterocycles. The van der Waals surface area contributed by atoms with Gasteiger partial charge in [-0.25, -0.2) is 0 Å². The van der Waals surface area contributed by atoms with Crippen molar-refractivity contribution in [3.63, 3.8) is 0 Å². The molecule has 0 aromatic carbocycles. The molecule has 2 atom stereocenters. The van der Waals surface area contributed by atoms with Crippen molar-refractivity contribution in [3.05, 3.63) is 0 Å². The second-order valence-corrected chi connectivity index (χ2v) is 5.10. The van der Waals surface area contributed by atoms with Gasteiger partial charge in [-0.05, 0) is 24.2 Å². The molecule has 0 heterocycles. The van der Waals surface area contributed by atoms with Crippen molar-refractivity contribution in [1.82, 2.24) is 0 Å². The summed E-state index contributed by atoms with van der Waals surface area (Å²) in [4.78, 5) is 11.7. The Balaban J connectivity index is 2.71. The molecule has 1 unspecified atom stereocenters. The molecular weight excluding hydrogens is 160 g/mol. The molecule has 1 aliphatic carbocycles. The average molecular weight is 182 g/mol. The molecule has 1 heteroatoms. The third-order valence-electron chi connectivity index (χ3n) is 3.93. The predicted octanol–water partition coefficient (Wildman–Crippen LogP) is 3.43. The van der Waals surface area contributed by atoms with Gasteiger partial charge in [0.25, 0.3) is 0 Å². The molecule has 1 fully saturated rings. The average Bonchev–Trinajstić information content (AvgIpc) is 2.08. The lowest BCUT2D eigenvalue weighted by Crippen LogP contribution is -2.36. The summed E-state index contributed by atoms with van der Waals surface area (Å²) in [5.41, 5.74) is 0.369. The molecule has 76 valence electrons. The van der Waals surface area contributed by atoms with Gasteiger partial charge in [0.05, 0.1) is 0 Å². The van der Waals surface area contributed by atoms with Crippen LogP contribution >= 0.6 is 0 Å². The van der Waals surface area contributed by atoms with Gasteiger partial charge in [-0.1, -0.05) is 34.1 Å². The third-order valence-corrected chi connectivity index (χ3v) is 3.93. The van der Waals surface area contributed by atoms with Crippen molar-refractivity contribution < 1.29 is 4.79 Å². The largest absolute Gasteiger partial charge is 0.299 e. The van der Waals surface area contributed by atoms with E-state index in [2.05, 4.69) is 20.8 Å². The van der Waals surface area contributed by atoms with Gasteiger partial charge in [0.15, 0.2) is 0 Å². The minimum absolute atomic E-state index is 0.341. The van der Waals surface area contributed by atoms with Crippen molar-refractivity contribution in [2.75, 3.05) is 0 Å². The first kappa shape index (κ1) is 10.7. The topological polar surface area (TPSA) is 17.1 Å². The number of rotatable bonds is 2. The van der Waals surface area contributed by atoms with Crippen molar-refractivity contribution >= 4 is 5.78 Å². The summed E-state index contributed by atoms with van der Waals surface area (Å²) in [6.45, 7) is 8.83. The molecular formula is C12H22O. The molecule has 13 heavy (non-hydrogen) atoms. The molecule has 0 amide bonds. The Labute approximate surface area is 81.9 Å². The highest BCUT2D eigenvalue weighted by molar-refractivity contribution is 5.81. The minimum Gasteiger partial charge on any atom is -0.299 e. The van der Waals surface area contributed by atoms with Crippen LogP contribution in [0.25, 0.3) is 0 Å². The van der Waals surface area contributed by atoms with Crippen LogP contribution in [-0.2, 0) is 4.79 Å². The van der Waals surface area contributed by atoms with Crippen LogP contribution in [0.4, 0.5) is 0 Å². The maximum absolute atomic E-state index is 11.7. The van der Waals surface area contributed by atoms with E-state index in [1.807, 2.05) is 6.92 Å².